The van der Waals surface area contributed by atoms with Gasteiger partial charge in [-0.2, -0.15) is 0 Å². The summed E-state index contributed by atoms with van der Waals surface area (Å²) >= 11 is 0. The lowest BCUT2D eigenvalue weighted by Crippen LogP contribution is -2.22. The summed E-state index contributed by atoms with van der Waals surface area (Å²) in [7, 11) is 0. The van der Waals surface area contributed by atoms with Gasteiger partial charge in [0, 0.05) is 5.56 Å². The van der Waals surface area contributed by atoms with Gasteiger partial charge in [-0.1, -0.05) is 42.5 Å². The first-order valence-corrected chi connectivity index (χ1v) is 5.56. The van der Waals surface area contributed by atoms with Crippen molar-refractivity contribution in [1.29, 1.82) is 0 Å². The first-order valence-electron chi connectivity index (χ1n) is 5.56. The van der Waals surface area contributed by atoms with Crippen LogP contribution in [0, 0.1) is 0 Å². The molecule has 0 aliphatic heterocycles. The number of aromatic nitrogens is 2. The molecule has 3 aromatic rings. The van der Waals surface area contributed by atoms with E-state index in [4.69, 9.17) is 0 Å². The Bertz CT molecular complexity index is 816. The molecule has 1 aromatic heterocycles. The Morgan fingerprint density at radius 2 is 1.56 bits per heavy atom. The van der Waals surface area contributed by atoms with Crippen LogP contribution < -0.4 is 11.2 Å². The van der Waals surface area contributed by atoms with Gasteiger partial charge in [0.05, 0.1) is 10.9 Å². The van der Waals surface area contributed by atoms with Crippen molar-refractivity contribution < 1.29 is 0 Å². The molecule has 4 nitrogen and oxygen atoms in total. The smallest absolute Gasteiger partial charge is 0.306 e. The first-order chi connectivity index (χ1) is 8.75. The van der Waals surface area contributed by atoms with Gasteiger partial charge in [0.25, 0.3) is 5.56 Å². The molecule has 1 heterocycles. The van der Waals surface area contributed by atoms with E-state index in [2.05, 4.69) is 9.97 Å². The molecule has 0 unspecified atom stereocenters. The van der Waals surface area contributed by atoms with Gasteiger partial charge in [-0.15, -0.1) is 0 Å². The summed E-state index contributed by atoms with van der Waals surface area (Å²) in [6.45, 7) is 0. The number of benzene rings is 2. The van der Waals surface area contributed by atoms with Crippen LogP contribution in [0.3, 0.4) is 0 Å². The van der Waals surface area contributed by atoms with Gasteiger partial charge < -0.3 is 4.98 Å². The maximum absolute atomic E-state index is 11.7. The minimum atomic E-state index is -0.490. The predicted molar refractivity (Wildman–Crippen MR) is 70.6 cm³/mol. The molecule has 0 spiro atoms. The summed E-state index contributed by atoms with van der Waals surface area (Å²) < 4.78 is 0. The van der Waals surface area contributed by atoms with Crippen molar-refractivity contribution in [3.05, 3.63) is 69.4 Å². The van der Waals surface area contributed by atoms with E-state index in [9.17, 15) is 9.59 Å². The first kappa shape index (κ1) is 10.5. The van der Waals surface area contributed by atoms with Crippen LogP contribution in [0.1, 0.15) is 0 Å². The highest BCUT2D eigenvalue weighted by atomic mass is 16.2. The normalized spacial score (nSPS) is 10.7. The van der Waals surface area contributed by atoms with E-state index in [0.717, 1.165) is 11.1 Å². The summed E-state index contributed by atoms with van der Waals surface area (Å²) in [6.07, 6.45) is 0. The van der Waals surface area contributed by atoms with Crippen molar-refractivity contribution in [3.63, 3.8) is 0 Å². The fraction of sp³-hybridized carbons (Fsp3) is 0. The molecular weight excluding hydrogens is 228 g/mol. The molecule has 0 fully saturated rings. The summed E-state index contributed by atoms with van der Waals surface area (Å²) in [5, 5.41) is 0.482. The fourth-order valence-corrected chi connectivity index (χ4v) is 2.05. The second-order valence-electron chi connectivity index (χ2n) is 4.00. The summed E-state index contributed by atoms with van der Waals surface area (Å²) in [6, 6.07) is 15.0. The molecule has 88 valence electrons. The number of nitrogens with one attached hydrogen (secondary N) is 2. The fourth-order valence-electron chi connectivity index (χ4n) is 2.05. The van der Waals surface area contributed by atoms with Gasteiger partial charge >= 0.3 is 5.69 Å². The van der Waals surface area contributed by atoms with Crippen LogP contribution in [0.25, 0.3) is 22.0 Å². The number of H-pyrrole nitrogens is 2. The zero-order chi connectivity index (χ0) is 12.5. The van der Waals surface area contributed by atoms with Gasteiger partial charge in [0.15, 0.2) is 0 Å². The van der Waals surface area contributed by atoms with Crippen LogP contribution >= 0.6 is 0 Å². The Labute approximate surface area is 102 Å². The molecule has 3 rings (SSSR count). The molecule has 0 aliphatic rings. The molecule has 4 heteroatoms. The quantitative estimate of drug-likeness (QED) is 0.679. The number of fused-ring (bicyclic) bond motifs is 1. The zero-order valence-corrected chi connectivity index (χ0v) is 9.44. The van der Waals surface area contributed by atoms with E-state index in [1.807, 2.05) is 36.4 Å². The molecular formula is C14H10N2O2. The molecule has 2 N–H and O–H groups in total. The Morgan fingerprint density at radius 1 is 0.778 bits per heavy atom. The van der Waals surface area contributed by atoms with Crippen molar-refractivity contribution in [2.45, 2.75) is 0 Å². The van der Waals surface area contributed by atoms with E-state index in [-0.39, 0.29) is 5.56 Å². The molecule has 0 amide bonds. The minimum Gasteiger partial charge on any atom is -0.306 e. The van der Waals surface area contributed by atoms with Crippen molar-refractivity contribution >= 4 is 10.9 Å². The molecule has 0 radical (unpaired) electrons. The van der Waals surface area contributed by atoms with Crippen LogP contribution in [0.2, 0.25) is 0 Å². The van der Waals surface area contributed by atoms with Crippen molar-refractivity contribution in [3.8, 4) is 11.1 Å². The standard InChI is InChI=1S/C14H10N2O2/c17-13-11-8-4-7-10(9-5-2-1-3-6-9)12(11)15-14(18)16-13/h1-8H,(H2,15,16,17,18). The summed E-state index contributed by atoms with van der Waals surface area (Å²) in [5.74, 6) is 0. The molecule has 0 atom stereocenters. The van der Waals surface area contributed by atoms with Gasteiger partial charge in [0.1, 0.15) is 0 Å². The lowest BCUT2D eigenvalue weighted by molar-refractivity contribution is 1.08. The third-order valence-corrected chi connectivity index (χ3v) is 2.86. The molecule has 0 bridgehead atoms. The Kier molecular flexibility index (Phi) is 2.34. The van der Waals surface area contributed by atoms with Crippen LogP contribution in [0.5, 0.6) is 0 Å². The second kappa shape index (κ2) is 4.00. The Morgan fingerprint density at radius 3 is 2.33 bits per heavy atom. The average Bonchev–Trinajstić information content (AvgIpc) is 2.39. The average molecular weight is 238 g/mol. The maximum atomic E-state index is 11.7. The highest BCUT2D eigenvalue weighted by Gasteiger charge is 2.06. The van der Waals surface area contributed by atoms with E-state index in [1.165, 1.54) is 0 Å². The molecule has 2 aromatic carbocycles. The van der Waals surface area contributed by atoms with E-state index >= 15 is 0 Å². The van der Waals surface area contributed by atoms with E-state index < -0.39 is 5.69 Å². The molecule has 0 saturated heterocycles. The zero-order valence-electron chi connectivity index (χ0n) is 9.44. The lowest BCUT2D eigenvalue weighted by atomic mass is 10.0. The molecule has 18 heavy (non-hydrogen) atoms. The topological polar surface area (TPSA) is 65.7 Å². The number of aromatic amines is 2. The third-order valence-electron chi connectivity index (χ3n) is 2.86. The third kappa shape index (κ3) is 1.64. The number of rotatable bonds is 1. The van der Waals surface area contributed by atoms with Gasteiger partial charge in [-0.05, 0) is 11.6 Å². The van der Waals surface area contributed by atoms with Crippen LogP contribution in [0.4, 0.5) is 0 Å². The summed E-state index contributed by atoms with van der Waals surface area (Å²) in [4.78, 5) is 28.0. The monoisotopic (exact) mass is 238 g/mol. The van der Waals surface area contributed by atoms with Gasteiger partial charge in [0.2, 0.25) is 0 Å². The maximum Gasteiger partial charge on any atom is 0.326 e. The highest BCUT2D eigenvalue weighted by Crippen LogP contribution is 2.24. The predicted octanol–water partition coefficient (Wildman–Crippen LogP) is 1.88. The van der Waals surface area contributed by atoms with E-state index in [0.29, 0.717) is 10.9 Å². The number of hydrogen-bond acceptors (Lipinski definition) is 2. The molecule has 0 saturated carbocycles. The SMILES string of the molecule is O=c1[nH]c(=O)c2cccc(-c3ccccc3)c2[nH]1. The van der Waals surface area contributed by atoms with Gasteiger partial charge in [-0.3, -0.25) is 9.78 Å². The number of para-hydroxylation sites is 1. The Hall–Kier alpha value is -2.62. The molecule has 0 aliphatic carbocycles. The lowest BCUT2D eigenvalue weighted by Gasteiger charge is -2.05. The van der Waals surface area contributed by atoms with Crippen LogP contribution in [-0.2, 0) is 0 Å². The van der Waals surface area contributed by atoms with E-state index in [1.54, 1.807) is 12.1 Å². The second-order valence-corrected chi connectivity index (χ2v) is 4.00. The Balaban J connectivity index is 2.45. The largest absolute Gasteiger partial charge is 0.326 e. The van der Waals surface area contributed by atoms with Gasteiger partial charge in [-0.25, -0.2) is 4.79 Å². The highest BCUT2D eigenvalue weighted by molar-refractivity contribution is 5.92. The van der Waals surface area contributed by atoms with Crippen molar-refractivity contribution in [2.75, 3.05) is 0 Å². The van der Waals surface area contributed by atoms with Crippen molar-refractivity contribution in [2.24, 2.45) is 0 Å². The van der Waals surface area contributed by atoms with Crippen molar-refractivity contribution in [1.82, 2.24) is 9.97 Å². The summed E-state index contributed by atoms with van der Waals surface area (Å²) in [5.41, 5.74) is 1.51. The number of hydrogen-bond donors (Lipinski definition) is 2. The minimum absolute atomic E-state index is 0.369. The van der Waals surface area contributed by atoms with Crippen LogP contribution in [0.15, 0.2) is 58.1 Å². The van der Waals surface area contributed by atoms with Crippen LogP contribution in [-0.4, -0.2) is 9.97 Å².